The van der Waals surface area contributed by atoms with Gasteiger partial charge in [0.25, 0.3) is 0 Å². The molecule has 0 saturated carbocycles. The van der Waals surface area contributed by atoms with Crippen LogP contribution < -0.4 is 16.6 Å². The van der Waals surface area contributed by atoms with Crippen molar-refractivity contribution in [2.24, 2.45) is 5.84 Å². The fourth-order valence-electron chi connectivity index (χ4n) is 1.68. The van der Waals surface area contributed by atoms with Gasteiger partial charge in [0.05, 0.1) is 6.10 Å². The molecule has 0 aliphatic carbocycles. The van der Waals surface area contributed by atoms with Crippen LogP contribution in [0.1, 0.15) is 38.1 Å². The van der Waals surface area contributed by atoms with Gasteiger partial charge in [0, 0.05) is 18.5 Å². The Morgan fingerprint density at radius 2 is 1.94 bits per heavy atom. The van der Waals surface area contributed by atoms with Gasteiger partial charge >= 0.3 is 0 Å². The van der Waals surface area contributed by atoms with Crippen LogP contribution in [-0.2, 0) is 6.42 Å². The van der Waals surface area contributed by atoms with Crippen molar-refractivity contribution >= 4 is 11.6 Å². The highest BCUT2D eigenvalue weighted by molar-refractivity contribution is 5.56. The van der Waals surface area contributed by atoms with Gasteiger partial charge < -0.3 is 15.8 Å². The number of nitrogen functional groups attached to an aromatic ring is 1. The van der Waals surface area contributed by atoms with Crippen molar-refractivity contribution < 1.29 is 5.11 Å². The molecule has 5 N–H and O–H groups in total. The Balaban J connectivity index is 2.80. The predicted molar refractivity (Wildman–Crippen MR) is 73.4 cm³/mol. The molecule has 1 aromatic rings. The highest BCUT2D eigenvalue weighted by Gasteiger charge is 2.10. The second-order valence-corrected chi connectivity index (χ2v) is 4.28. The minimum Gasteiger partial charge on any atom is -0.391 e. The largest absolute Gasteiger partial charge is 0.391 e. The lowest BCUT2D eigenvalue weighted by atomic mass is 10.2. The molecular formula is C12H23N5O. The molecule has 0 bridgehead atoms. The van der Waals surface area contributed by atoms with Crippen LogP contribution in [0.2, 0.25) is 0 Å². The smallest absolute Gasteiger partial charge is 0.148 e. The van der Waals surface area contributed by atoms with Gasteiger partial charge in [-0.1, -0.05) is 20.3 Å². The standard InChI is InChI=1S/C12H23N5O/c1-4-6-9(18)7-14-11-8(3)12(17-13)16-10(5-2)15-11/h9,18H,4-7,13H2,1-3H3,(H2,14,15,16,17). The fourth-order valence-corrected chi connectivity index (χ4v) is 1.68. The van der Waals surface area contributed by atoms with E-state index < -0.39 is 0 Å². The maximum Gasteiger partial charge on any atom is 0.148 e. The third-order valence-corrected chi connectivity index (χ3v) is 2.77. The van der Waals surface area contributed by atoms with Gasteiger partial charge in [0.1, 0.15) is 17.5 Å². The van der Waals surface area contributed by atoms with Crippen molar-refractivity contribution in [1.29, 1.82) is 0 Å². The molecule has 0 fully saturated rings. The number of hydrogen-bond donors (Lipinski definition) is 4. The molecular weight excluding hydrogens is 230 g/mol. The number of aryl methyl sites for hydroxylation is 1. The fraction of sp³-hybridized carbons (Fsp3) is 0.667. The zero-order valence-electron chi connectivity index (χ0n) is 11.3. The number of nitrogens with one attached hydrogen (secondary N) is 2. The molecule has 6 nitrogen and oxygen atoms in total. The molecule has 0 amide bonds. The third-order valence-electron chi connectivity index (χ3n) is 2.77. The van der Waals surface area contributed by atoms with E-state index in [1.807, 2.05) is 20.8 Å². The zero-order valence-corrected chi connectivity index (χ0v) is 11.3. The number of aromatic nitrogens is 2. The molecule has 0 saturated heterocycles. The first kappa shape index (κ1) is 14.7. The number of aliphatic hydroxyl groups excluding tert-OH is 1. The number of nitrogens with two attached hydrogens (primary N) is 1. The van der Waals surface area contributed by atoms with Crippen molar-refractivity contribution in [3.8, 4) is 0 Å². The summed E-state index contributed by atoms with van der Waals surface area (Å²) in [5.74, 6) is 7.50. The first-order valence-corrected chi connectivity index (χ1v) is 6.38. The van der Waals surface area contributed by atoms with E-state index in [4.69, 9.17) is 5.84 Å². The van der Waals surface area contributed by atoms with Crippen LogP contribution in [0.4, 0.5) is 11.6 Å². The van der Waals surface area contributed by atoms with Crippen LogP contribution in [0, 0.1) is 6.92 Å². The van der Waals surface area contributed by atoms with Gasteiger partial charge in [-0.05, 0) is 13.3 Å². The molecule has 1 heterocycles. The summed E-state index contributed by atoms with van der Waals surface area (Å²) in [5, 5.41) is 12.9. The minimum atomic E-state index is -0.358. The van der Waals surface area contributed by atoms with Crippen LogP contribution in [-0.4, -0.2) is 27.7 Å². The number of rotatable bonds is 7. The molecule has 102 valence electrons. The Hall–Kier alpha value is -1.40. The van der Waals surface area contributed by atoms with E-state index in [9.17, 15) is 5.11 Å². The summed E-state index contributed by atoms with van der Waals surface area (Å²) in [6, 6.07) is 0. The maximum atomic E-state index is 9.71. The van der Waals surface area contributed by atoms with Crippen LogP contribution in [0.3, 0.4) is 0 Å². The summed E-state index contributed by atoms with van der Waals surface area (Å²) in [6.07, 6.45) is 2.12. The molecule has 0 aromatic carbocycles. The average Bonchev–Trinajstić information content (AvgIpc) is 2.38. The highest BCUT2D eigenvalue weighted by atomic mass is 16.3. The predicted octanol–water partition coefficient (Wildman–Crippen LogP) is 1.21. The Morgan fingerprint density at radius 1 is 1.28 bits per heavy atom. The highest BCUT2D eigenvalue weighted by Crippen LogP contribution is 2.19. The quantitative estimate of drug-likeness (QED) is 0.431. The first-order chi connectivity index (χ1) is 8.62. The van der Waals surface area contributed by atoms with Gasteiger partial charge in [-0.3, -0.25) is 0 Å². The Morgan fingerprint density at radius 3 is 2.50 bits per heavy atom. The summed E-state index contributed by atoms with van der Waals surface area (Å²) < 4.78 is 0. The molecule has 1 atom stereocenters. The number of aliphatic hydroxyl groups is 1. The summed E-state index contributed by atoms with van der Waals surface area (Å²) in [6.45, 7) is 6.41. The number of anilines is 2. The Bertz CT molecular complexity index is 383. The molecule has 1 rings (SSSR count). The lowest BCUT2D eigenvalue weighted by Crippen LogP contribution is -2.21. The van der Waals surface area contributed by atoms with Gasteiger partial charge in [-0.25, -0.2) is 15.8 Å². The van der Waals surface area contributed by atoms with Crippen LogP contribution >= 0.6 is 0 Å². The van der Waals surface area contributed by atoms with Crippen molar-refractivity contribution in [1.82, 2.24) is 9.97 Å². The van der Waals surface area contributed by atoms with Crippen molar-refractivity contribution in [3.05, 3.63) is 11.4 Å². The van der Waals surface area contributed by atoms with E-state index in [2.05, 4.69) is 20.7 Å². The molecule has 6 heteroatoms. The Kier molecular flexibility index (Phi) is 5.80. The van der Waals surface area contributed by atoms with E-state index in [1.54, 1.807) is 0 Å². The number of hydrogen-bond acceptors (Lipinski definition) is 6. The number of nitrogens with zero attached hydrogens (tertiary/aromatic N) is 2. The summed E-state index contributed by atoms with van der Waals surface area (Å²) in [5.41, 5.74) is 3.43. The normalized spacial score (nSPS) is 12.3. The Labute approximate surface area is 108 Å². The lowest BCUT2D eigenvalue weighted by molar-refractivity contribution is 0.176. The van der Waals surface area contributed by atoms with Gasteiger partial charge in [-0.15, -0.1) is 0 Å². The summed E-state index contributed by atoms with van der Waals surface area (Å²) in [4.78, 5) is 8.69. The second-order valence-electron chi connectivity index (χ2n) is 4.28. The minimum absolute atomic E-state index is 0.358. The van der Waals surface area contributed by atoms with E-state index >= 15 is 0 Å². The topological polar surface area (TPSA) is 96.1 Å². The van der Waals surface area contributed by atoms with Gasteiger partial charge in [-0.2, -0.15) is 0 Å². The second kappa shape index (κ2) is 7.13. The van der Waals surface area contributed by atoms with Crippen LogP contribution in [0.25, 0.3) is 0 Å². The zero-order chi connectivity index (χ0) is 13.5. The van der Waals surface area contributed by atoms with Crippen molar-refractivity contribution in [2.75, 3.05) is 17.3 Å². The molecule has 0 spiro atoms. The molecule has 18 heavy (non-hydrogen) atoms. The molecule has 0 radical (unpaired) electrons. The number of hydrazine groups is 1. The molecule has 0 aliphatic heterocycles. The van der Waals surface area contributed by atoms with Gasteiger partial charge in [0.15, 0.2) is 0 Å². The average molecular weight is 253 g/mol. The monoisotopic (exact) mass is 253 g/mol. The molecule has 0 aliphatic rings. The van der Waals surface area contributed by atoms with Crippen LogP contribution in [0.5, 0.6) is 0 Å². The van der Waals surface area contributed by atoms with E-state index in [-0.39, 0.29) is 6.10 Å². The SMILES string of the molecule is CCCC(O)CNc1nc(CC)nc(NN)c1C. The van der Waals surface area contributed by atoms with Gasteiger partial charge in [0.2, 0.25) is 0 Å². The van der Waals surface area contributed by atoms with E-state index in [0.29, 0.717) is 12.4 Å². The van der Waals surface area contributed by atoms with Crippen LogP contribution in [0.15, 0.2) is 0 Å². The first-order valence-electron chi connectivity index (χ1n) is 6.38. The summed E-state index contributed by atoms with van der Waals surface area (Å²) >= 11 is 0. The van der Waals surface area contributed by atoms with Crippen molar-refractivity contribution in [3.63, 3.8) is 0 Å². The molecule has 1 unspecified atom stereocenters. The van der Waals surface area contributed by atoms with E-state index in [0.717, 1.165) is 36.5 Å². The third kappa shape index (κ3) is 3.82. The maximum absolute atomic E-state index is 9.71. The van der Waals surface area contributed by atoms with Crippen molar-refractivity contribution in [2.45, 2.75) is 46.1 Å². The van der Waals surface area contributed by atoms with E-state index in [1.165, 1.54) is 0 Å². The summed E-state index contributed by atoms with van der Waals surface area (Å²) in [7, 11) is 0. The lowest BCUT2D eigenvalue weighted by Gasteiger charge is -2.15. The molecule has 1 aromatic heterocycles.